The molecule has 0 radical (unpaired) electrons. The fourth-order valence-corrected chi connectivity index (χ4v) is 1.93. The van der Waals surface area contributed by atoms with Gasteiger partial charge in [0, 0.05) is 0 Å². The third-order valence-electron chi connectivity index (χ3n) is 2.83. The van der Waals surface area contributed by atoms with Crippen LogP contribution in [0.5, 0.6) is 0 Å². The Morgan fingerprint density at radius 2 is 1.94 bits per heavy atom. The summed E-state index contributed by atoms with van der Waals surface area (Å²) in [5, 5.41) is 27.2. The molecule has 0 amide bonds. The molecule has 0 saturated heterocycles. The van der Waals surface area contributed by atoms with Crippen molar-refractivity contribution in [2.45, 2.75) is 6.42 Å². The van der Waals surface area contributed by atoms with Crippen molar-refractivity contribution in [1.82, 2.24) is 0 Å². The van der Waals surface area contributed by atoms with Gasteiger partial charge in [0.1, 0.15) is 5.41 Å². The van der Waals surface area contributed by atoms with Crippen molar-refractivity contribution in [2.24, 2.45) is 11.3 Å². The maximum atomic E-state index is 11.4. The van der Waals surface area contributed by atoms with E-state index < -0.39 is 29.2 Å². The van der Waals surface area contributed by atoms with E-state index in [0.717, 1.165) is 18.2 Å². The number of hydrogen-bond acceptors (Lipinski definition) is 3. The van der Waals surface area contributed by atoms with Gasteiger partial charge in [-0.25, -0.2) is 4.79 Å². The molecule has 2 atom stereocenters. The second kappa shape index (κ2) is 4.87. The Morgan fingerprint density at radius 1 is 1.33 bits per heavy atom. The normalized spacial score (nSPS) is 26.2. The van der Waals surface area contributed by atoms with Crippen LogP contribution in [-0.2, 0) is 14.4 Å². The van der Waals surface area contributed by atoms with E-state index in [1.54, 1.807) is 0 Å². The zero-order valence-corrected chi connectivity index (χ0v) is 9.37. The van der Waals surface area contributed by atoms with Gasteiger partial charge in [-0.1, -0.05) is 24.3 Å². The highest BCUT2D eigenvalue weighted by Gasteiger charge is 2.48. The van der Waals surface area contributed by atoms with Crippen LogP contribution in [0.4, 0.5) is 0 Å². The molecule has 0 aromatic rings. The fraction of sp³-hybridized carbons (Fsp3) is 0.250. The fourth-order valence-electron chi connectivity index (χ4n) is 1.93. The predicted molar refractivity (Wildman–Crippen MR) is 60.9 cm³/mol. The zero-order valence-electron chi connectivity index (χ0n) is 9.37. The van der Waals surface area contributed by atoms with Crippen LogP contribution in [0.1, 0.15) is 6.42 Å². The average molecular weight is 252 g/mol. The van der Waals surface area contributed by atoms with Crippen LogP contribution in [0.2, 0.25) is 0 Å². The lowest BCUT2D eigenvalue weighted by Crippen LogP contribution is -2.42. The number of carboxylic acid groups (broad SMARTS) is 3. The van der Waals surface area contributed by atoms with Gasteiger partial charge in [-0.05, 0) is 6.42 Å². The highest BCUT2D eigenvalue weighted by molar-refractivity contribution is 5.95. The van der Waals surface area contributed by atoms with Crippen molar-refractivity contribution in [2.75, 3.05) is 0 Å². The van der Waals surface area contributed by atoms with Gasteiger partial charge in [-0.15, -0.1) is 6.58 Å². The summed E-state index contributed by atoms with van der Waals surface area (Å²) < 4.78 is 0. The van der Waals surface area contributed by atoms with Crippen LogP contribution in [-0.4, -0.2) is 33.2 Å². The molecule has 0 fully saturated rings. The summed E-state index contributed by atoms with van der Waals surface area (Å²) in [6, 6.07) is 0. The third kappa shape index (κ3) is 2.17. The van der Waals surface area contributed by atoms with Crippen LogP contribution in [0.3, 0.4) is 0 Å². The van der Waals surface area contributed by atoms with Gasteiger partial charge in [-0.3, -0.25) is 9.59 Å². The molecule has 1 aliphatic rings. The Morgan fingerprint density at radius 3 is 2.33 bits per heavy atom. The Kier molecular flexibility index (Phi) is 3.70. The molecule has 0 saturated carbocycles. The maximum absolute atomic E-state index is 11.4. The Balaban J connectivity index is 3.40. The summed E-state index contributed by atoms with van der Waals surface area (Å²) in [5.41, 5.74) is -2.05. The molecule has 6 nitrogen and oxygen atoms in total. The number of allylic oxidation sites excluding steroid dienone is 1. The van der Waals surface area contributed by atoms with E-state index in [0.29, 0.717) is 0 Å². The minimum absolute atomic E-state index is 0.166. The van der Waals surface area contributed by atoms with E-state index in [2.05, 4.69) is 6.58 Å². The second-order valence-electron chi connectivity index (χ2n) is 3.92. The summed E-state index contributed by atoms with van der Waals surface area (Å²) in [6.07, 6.45) is 4.26. The largest absolute Gasteiger partial charge is 0.481 e. The first-order valence-corrected chi connectivity index (χ1v) is 5.06. The maximum Gasteiger partial charge on any atom is 0.335 e. The van der Waals surface area contributed by atoms with Crippen molar-refractivity contribution in [3.63, 3.8) is 0 Å². The van der Waals surface area contributed by atoms with Gasteiger partial charge in [0.15, 0.2) is 0 Å². The second-order valence-corrected chi connectivity index (χ2v) is 3.92. The molecule has 6 heteroatoms. The van der Waals surface area contributed by atoms with Crippen molar-refractivity contribution in [3.05, 3.63) is 36.5 Å². The van der Waals surface area contributed by atoms with Crippen LogP contribution in [0, 0.1) is 11.3 Å². The van der Waals surface area contributed by atoms with Gasteiger partial charge in [-0.2, -0.15) is 0 Å². The zero-order chi connectivity index (χ0) is 13.9. The molecule has 2 unspecified atom stereocenters. The minimum atomic E-state index is -1.81. The molecule has 18 heavy (non-hydrogen) atoms. The van der Waals surface area contributed by atoms with Crippen LogP contribution >= 0.6 is 0 Å². The molecular weight excluding hydrogens is 240 g/mol. The first kappa shape index (κ1) is 13.7. The number of aliphatic carboxylic acids is 3. The highest BCUT2D eigenvalue weighted by atomic mass is 16.4. The minimum Gasteiger partial charge on any atom is -0.481 e. The molecular formula is C12H12O6. The van der Waals surface area contributed by atoms with E-state index in [1.807, 2.05) is 0 Å². The Labute approximate surface area is 103 Å². The first-order valence-electron chi connectivity index (χ1n) is 5.06. The number of rotatable bonds is 5. The van der Waals surface area contributed by atoms with E-state index in [1.165, 1.54) is 6.08 Å². The molecule has 0 heterocycles. The third-order valence-corrected chi connectivity index (χ3v) is 2.83. The standard InChI is InChI=1S/C12H12O6/c1-2-5-12(11(17)18)6-7(9(13)14)3-4-8(12)10(15)16/h2-4,6,8H,1,5H2,(H,13,14)(H,15,16)(H,17,18). The number of carbonyl (C=O) groups is 3. The summed E-state index contributed by atoms with van der Waals surface area (Å²) in [7, 11) is 0. The lowest BCUT2D eigenvalue weighted by molar-refractivity contribution is -0.156. The molecule has 1 rings (SSSR count). The highest BCUT2D eigenvalue weighted by Crippen LogP contribution is 2.40. The van der Waals surface area contributed by atoms with Crippen molar-refractivity contribution >= 4 is 17.9 Å². The van der Waals surface area contributed by atoms with E-state index in [9.17, 15) is 19.5 Å². The van der Waals surface area contributed by atoms with E-state index in [4.69, 9.17) is 10.2 Å². The lowest BCUT2D eigenvalue weighted by atomic mass is 9.69. The summed E-state index contributed by atoms with van der Waals surface area (Å²) in [6.45, 7) is 3.39. The molecule has 0 aromatic heterocycles. The number of carboxylic acids is 3. The topological polar surface area (TPSA) is 112 Å². The van der Waals surface area contributed by atoms with E-state index >= 15 is 0 Å². The monoisotopic (exact) mass is 252 g/mol. The van der Waals surface area contributed by atoms with Crippen LogP contribution < -0.4 is 0 Å². The van der Waals surface area contributed by atoms with Crippen molar-refractivity contribution < 1.29 is 29.7 Å². The quantitative estimate of drug-likeness (QED) is 0.627. The molecule has 0 aromatic carbocycles. The predicted octanol–water partition coefficient (Wildman–Crippen LogP) is 0.915. The smallest absolute Gasteiger partial charge is 0.335 e. The Bertz CT molecular complexity index is 473. The van der Waals surface area contributed by atoms with Gasteiger partial charge in [0.2, 0.25) is 0 Å². The van der Waals surface area contributed by atoms with Crippen molar-refractivity contribution in [3.8, 4) is 0 Å². The average Bonchev–Trinajstić information content (AvgIpc) is 2.28. The van der Waals surface area contributed by atoms with Crippen LogP contribution in [0.15, 0.2) is 36.5 Å². The summed E-state index contributed by atoms with van der Waals surface area (Å²) in [5.74, 6) is -5.34. The van der Waals surface area contributed by atoms with Gasteiger partial charge in [0.05, 0.1) is 11.5 Å². The lowest BCUT2D eigenvalue weighted by Gasteiger charge is -2.32. The molecule has 96 valence electrons. The molecule has 0 spiro atoms. The molecule has 1 aliphatic carbocycles. The van der Waals surface area contributed by atoms with Gasteiger partial charge < -0.3 is 15.3 Å². The summed E-state index contributed by atoms with van der Waals surface area (Å²) in [4.78, 5) is 33.3. The summed E-state index contributed by atoms with van der Waals surface area (Å²) >= 11 is 0. The molecule has 0 bridgehead atoms. The van der Waals surface area contributed by atoms with Crippen LogP contribution in [0.25, 0.3) is 0 Å². The SMILES string of the molecule is C=CCC1(C(=O)O)C=C(C(=O)O)C=CC1C(=O)O. The molecule has 0 aliphatic heterocycles. The Hall–Kier alpha value is -2.37. The van der Waals surface area contributed by atoms with Crippen molar-refractivity contribution in [1.29, 1.82) is 0 Å². The van der Waals surface area contributed by atoms with Gasteiger partial charge >= 0.3 is 17.9 Å². The number of hydrogen-bond donors (Lipinski definition) is 3. The molecule has 3 N–H and O–H groups in total. The first-order chi connectivity index (χ1) is 8.35. The van der Waals surface area contributed by atoms with E-state index in [-0.39, 0.29) is 12.0 Å². The van der Waals surface area contributed by atoms with Gasteiger partial charge in [0.25, 0.3) is 0 Å².